The van der Waals surface area contributed by atoms with Crippen molar-refractivity contribution < 1.29 is 29.3 Å². The molecule has 30 heavy (non-hydrogen) atoms. The summed E-state index contributed by atoms with van der Waals surface area (Å²) in [6.45, 7) is 8.29. The van der Waals surface area contributed by atoms with Gasteiger partial charge < -0.3 is 19.7 Å². The molecular weight excluding hydrogens is 384 g/mol. The molecule has 0 rings (SSSR count). The van der Waals surface area contributed by atoms with Crippen LogP contribution in [0.4, 0.5) is 0 Å². The highest BCUT2D eigenvalue weighted by molar-refractivity contribution is 5.91. The largest absolute Gasteiger partial charge is 0.460 e. The van der Waals surface area contributed by atoms with E-state index in [9.17, 15) is 19.8 Å². The zero-order valence-electron chi connectivity index (χ0n) is 19.5. The minimum absolute atomic E-state index is 0.0876. The molecule has 176 valence electrons. The van der Waals surface area contributed by atoms with E-state index in [1.165, 1.54) is 0 Å². The summed E-state index contributed by atoms with van der Waals surface area (Å²) in [6.07, 6.45) is 10.4. The minimum Gasteiger partial charge on any atom is -0.460 e. The van der Waals surface area contributed by atoms with E-state index in [0.717, 1.165) is 63.5 Å². The van der Waals surface area contributed by atoms with Crippen LogP contribution in [-0.4, -0.2) is 47.6 Å². The highest BCUT2D eigenvalue weighted by Gasteiger charge is 2.16. The van der Waals surface area contributed by atoms with Gasteiger partial charge in [-0.05, 0) is 24.7 Å². The first-order valence-electron chi connectivity index (χ1n) is 11.7. The standard InChI is InChI=1S/C24H44O6/c1-5-9-11-19(7-3)15-21(25)17-29-23(27)13-14-24(28)30-18-22(26)16-20(8-4)12-10-6-2/h13-14,19-22,25-26H,5-12,15-18H2,1-4H3/b14-13-. The Morgan fingerprint density at radius 2 is 1.10 bits per heavy atom. The maximum Gasteiger partial charge on any atom is 0.331 e. The Morgan fingerprint density at radius 1 is 0.733 bits per heavy atom. The van der Waals surface area contributed by atoms with Gasteiger partial charge in [0.15, 0.2) is 0 Å². The molecule has 0 spiro atoms. The Hall–Kier alpha value is -1.40. The minimum atomic E-state index is -0.703. The van der Waals surface area contributed by atoms with Crippen molar-refractivity contribution in [3.63, 3.8) is 0 Å². The number of unbranched alkanes of at least 4 members (excludes halogenated alkanes) is 2. The Balaban J connectivity index is 4.13. The summed E-state index contributed by atoms with van der Waals surface area (Å²) >= 11 is 0. The van der Waals surface area contributed by atoms with Crippen LogP contribution in [-0.2, 0) is 19.1 Å². The van der Waals surface area contributed by atoms with Crippen LogP contribution in [0.1, 0.15) is 91.9 Å². The Kier molecular flexibility index (Phi) is 17.5. The molecule has 6 heteroatoms. The second-order valence-corrected chi connectivity index (χ2v) is 8.21. The lowest BCUT2D eigenvalue weighted by atomic mass is 9.93. The van der Waals surface area contributed by atoms with Gasteiger partial charge in [-0.2, -0.15) is 0 Å². The Labute approximate surface area is 183 Å². The fourth-order valence-electron chi connectivity index (χ4n) is 3.46. The molecule has 0 aliphatic carbocycles. The third kappa shape index (κ3) is 15.4. The fraction of sp³-hybridized carbons (Fsp3) is 0.833. The lowest BCUT2D eigenvalue weighted by Gasteiger charge is -2.18. The van der Waals surface area contributed by atoms with E-state index in [0.29, 0.717) is 24.7 Å². The van der Waals surface area contributed by atoms with Gasteiger partial charge in [0.05, 0.1) is 12.2 Å². The number of esters is 2. The maximum atomic E-state index is 11.7. The quantitative estimate of drug-likeness (QED) is 0.245. The number of carbonyl (C=O) groups excluding carboxylic acids is 2. The van der Waals surface area contributed by atoms with E-state index < -0.39 is 24.1 Å². The molecule has 0 radical (unpaired) electrons. The molecule has 4 atom stereocenters. The highest BCUT2D eigenvalue weighted by Crippen LogP contribution is 2.19. The molecule has 0 heterocycles. The van der Waals surface area contributed by atoms with Crippen LogP contribution >= 0.6 is 0 Å². The van der Waals surface area contributed by atoms with Crippen molar-refractivity contribution in [1.82, 2.24) is 0 Å². The van der Waals surface area contributed by atoms with Gasteiger partial charge in [0.1, 0.15) is 13.2 Å². The highest BCUT2D eigenvalue weighted by atomic mass is 16.5. The van der Waals surface area contributed by atoms with E-state index in [2.05, 4.69) is 27.7 Å². The van der Waals surface area contributed by atoms with E-state index >= 15 is 0 Å². The Morgan fingerprint density at radius 3 is 1.40 bits per heavy atom. The van der Waals surface area contributed by atoms with Crippen molar-refractivity contribution in [2.75, 3.05) is 13.2 Å². The van der Waals surface area contributed by atoms with Crippen molar-refractivity contribution in [2.24, 2.45) is 11.8 Å². The van der Waals surface area contributed by atoms with Crippen molar-refractivity contribution in [3.8, 4) is 0 Å². The zero-order valence-corrected chi connectivity index (χ0v) is 19.5. The number of aliphatic hydroxyl groups excluding tert-OH is 2. The first-order valence-corrected chi connectivity index (χ1v) is 11.7. The molecule has 0 saturated heterocycles. The van der Waals surface area contributed by atoms with E-state index in [-0.39, 0.29) is 13.2 Å². The van der Waals surface area contributed by atoms with Crippen LogP contribution in [0.2, 0.25) is 0 Å². The number of carbonyl (C=O) groups is 2. The second kappa shape index (κ2) is 18.4. The van der Waals surface area contributed by atoms with Gasteiger partial charge in [-0.15, -0.1) is 0 Å². The van der Waals surface area contributed by atoms with Gasteiger partial charge in [-0.3, -0.25) is 0 Å². The molecular formula is C24H44O6. The third-order valence-corrected chi connectivity index (χ3v) is 5.49. The van der Waals surface area contributed by atoms with Gasteiger partial charge in [-0.25, -0.2) is 9.59 Å². The fourth-order valence-corrected chi connectivity index (χ4v) is 3.46. The zero-order chi connectivity index (χ0) is 22.8. The number of hydrogen-bond donors (Lipinski definition) is 2. The molecule has 0 aliphatic rings. The van der Waals surface area contributed by atoms with Crippen LogP contribution in [0, 0.1) is 11.8 Å². The molecule has 0 aliphatic heterocycles. The number of ether oxygens (including phenoxy) is 2. The normalized spacial score (nSPS) is 15.5. The van der Waals surface area contributed by atoms with E-state index in [1.54, 1.807) is 0 Å². The average molecular weight is 429 g/mol. The SMILES string of the molecule is CCCCC(CC)CC(O)COC(=O)/C=C\C(=O)OCC(O)CC(CC)CCCC. The first-order chi connectivity index (χ1) is 14.4. The van der Waals surface area contributed by atoms with E-state index in [4.69, 9.17) is 9.47 Å². The molecule has 0 aromatic rings. The average Bonchev–Trinajstić information content (AvgIpc) is 2.74. The summed E-state index contributed by atoms with van der Waals surface area (Å²) in [7, 11) is 0. The molecule has 0 saturated carbocycles. The van der Waals surface area contributed by atoms with Gasteiger partial charge in [-0.1, -0.05) is 79.1 Å². The van der Waals surface area contributed by atoms with Crippen molar-refractivity contribution in [1.29, 1.82) is 0 Å². The molecule has 6 nitrogen and oxygen atoms in total. The molecule has 0 bridgehead atoms. The molecule has 0 fully saturated rings. The summed E-state index contributed by atoms with van der Waals surface area (Å²) in [5, 5.41) is 20.1. The summed E-state index contributed by atoms with van der Waals surface area (Å²) in [6, 6.07) is 0. The Bertz CT molecular complexity index is 434. The van der Waals surface area contributed by atoms with Crippen LogP contribution in [0.15, 0.2) is 12.2 Å². The summed E-state index contributed by atoms with van der Waals surface area (Å²) in [5.74, 6) is -0.549. The van der Waals surface area contributed by atoms with Crippen molar-refractivity contribution in [3.05, 3.63) is 12.2 Å². The molecule has 0 aromatic heterocycles. The lowest BCUT2D eigenvalue weighted by molar-refractivity contribution is -0.143. The molecule has 0 aromatic carbocycles. The predicted octanol–water partition coefficient (Wildman–Crippen LogP) is 4.56. The van der Waals surface area contributed by atoms with E-state index in [1.807, 2.05) is 0 Å². The van der Waals surface area contributed by atoms with Gasteiger partial charge in [0.25, 0.3) is 0 Å². The number of hydrogen-bond acceptors (Lipinski definition) is 6. The van der Waals surface area contributed by atoms with Crippen LogP contribution in [0.3, 0.4) is 0 Å². The maximum absolute atomic E-state index is 11.7. The van der Waals surface area contributed by atoms with Crippen LogP contribution < -0.4 is 0 Å². The molecule has 0 amide bonds. The second-order valence-electron chi connectivity index (χ2n) is 8.21. The number of aliphatic hydroxyl groups is 2. The van der Waals surface area contributed by atoms with Crippen LogP contribution in [0.5, 0.6) is 0 Å². The van der Waals surface area contributed by atoms with Gasteiger partial charge >= 0.3 is 11.9 Å². The monoisotopic (exact) mass is 428 g/mol. The molecule has 2 N–H and O–H groups in total. The summed E-state index contributed by atoms with van der Waals surface area (Å²) in [5.41, 5.74) is 0. The van der Waals surface area contributed by atoms with Gasteiger partial charge in [0, 0.05) is 12.2 Å². The summed E-state index contributed by atoms with van der Waals surface area (Å²) < 4.78 is 10.0. The lowest BCUT2D eigenvalue weighted by Crippen LogP contribution is -2.22. The number of rotatable bonds is 18. The van der Waals surface area contributed by atoms with Crippen LogP contribution in [0.25, 0.3) is 0 Å². The van der Waals surface area contributed by atoms with Crippen molar-refractivity contribution in [2.45, 2.75) is 104 Å². The first kappa shape index (κ1) is 28.6. The predicted molar refractivity (Wildman–Crippen MR) is 119 cm³/mol. The topological polar surface area (TPSA) is 93.1 Å². The molecule has 4 unspecified atom stereocenters. The third-order valence-electron chi connectivity index (χ3n) is 5.49. The van der Waals surface area contributed by atoms with Gasteiger partial charge in [0.2, 0.25) is 0 Å². The summed E-state index contributed by atoms with van der Waals surface area (Å²) in [4.78, 5) is 23.4. The smallest absolute Gasteiger partial charge is 0.331 e. The van der Waals surface area contributed by atoms with Crippen molar-refractivity contribution >= 4 is 11.9 Å².